The van der Waals surface area contributed by atoms with Crippen LogP contribution in [0.4, 0.5) is 0 Å². The molecule has 0 aliphatic carbocycles. The summed E-state index contributed by atoms with van der Waals surface area (Å²) >= 11 is 0. The van der Waals surface area contributed by atoms with Crippen molar-refractivity contribution in [3.8, 4) is 5.75 Å². The number of nitrogens with zero attached hydrogens (tertiary/aromatic N) is 3. The van der Waals surface area contributed by atoms with Crippen LogP contribution in [0.5, 0.6) is 5.75 Å². The highest BCUT2D eigenvalue weighted by Gasteiger charge is 2.56. The van der Waals surface area contributed by atoms with Crippen LogP contribution in [0.3, 0.4) is 0 Å². The molecule has 0 N–H and O–H groups in total. The third kappa shape index (κ3) is 3.02. The molecule has 6 nitrogen and oxygen atoms in total. The van der Waals surface area contributed by atoms with E-state index in [1.807, 2.05) is 42.2 Å². The van der Waals surface area contributed by atoms with Crippen LogP contribution >= 0.6 is 0 Å². The van der Waals surface area contributed by atoms with Gasteiger partial charge in [-0.1, -0.05) is 18.2 Å². The lowest BCUT2D eigenvalue weighted by atomic mass is 9.71. The van der Waals surface area contributed by atoms with Crippen LogP contribution < -0.4 is 4.74 Å². The SMILES string of the molecule is Cc1cnc(C2CN(C)CC23CN(C(=O)COc2ccccc2)C3)o1. The van der Waals surface area contributed by atoms with Gasteiger partial charge in [0.25, 0.3) is 5.91 Å². The van der Waals surface area contributed by atoms with Crippen molar-refractivity contribution in [3.63, 3.8) is 0 Å². The van der Waals surface area contributed by atoms with Gasteiger partial charge in [-0.3, -0.25) is 4.79 Å². The highest BCUT2D eigenvalue weighted by atomic mass is 16.5. The monoisotopic (exact) mass is 341 g/mol. The largest absolute Gasteiger partial charge is 0.484 e. The molecule has 1 amide bonds. The molecule has 0 saturated carbocycles. The molecular weight excluding hydrogens is 318 g/mol. The van der Waals surface area contributed by atoms with Crippen molar-refractivity contribution in [2.24, 2.45) is 5.41 Å². The maximum atomic E-state index is 12.4. The topological polar surface area (TPSA) is 58.8 Å². The minimum absolute atomic E-state index is 0.0337. The normalized spacial score (nSPS) is 22.2. The fourth-order valence-corrected chi connectivity index (χ4v) is 4.05. The summed E-state index contributed by atoms with van der Waals surface area (Å²) in [6.45, 7) is 5.35. The molecule has 4 rings (SSSR count). The van der Waals surface area contributed by atoms with Crippen molar-refractivity contribution in [1.82, 2.24) is 14.8 Å². The molecule has 132 valence electrons. The standard InChI is InChI=1S/C19H23N3O3/c1-14-8-20-18(25-14)16-9-21(2)11-19(16)12-22(13-19)17(23)10-24-15-6-4-3-5-7-15/h3-8,16H,9-13H2,1-2H3. The highest BCUT2D eigenvalue weighted by molar-refractivity contribution is 5.79. The predicted octanol–water partition coefficient (Wildman–Crippen LogP) is 1.92. The van der Waals surface area contributed by atoms with Gasteiger partial charge < -0.3 is 19.0 Å². The first kappa shape index (κ1) is 16.1. The van der Waals surface area contributed by atoms with Gasteiger partial charge in [0.05, 0.1) is 12.1 Å². The number of rotatable bonds is 4. The summed E-state index contributed by atoms with van der Waals surface area (Å²) in [4.78, 5) is 21.0. The Morgan fingerprint density at radius 1 is 1.32 bits per heavy atom. The number of benzene rings is 1. The lowest BCUT2D eigenvalue weighted by Gasteiger charge is -2.50. The molecule has 0 bridgehead atoms. The fraction of sp³-hybridized carbons (Fsp3) is 0.474. The summed E-state index contributed by atoms with van der Waals surface area (Å²) in [6.07, 6.45) is 1.77. The van der Waals surface area contributed by atoms with E-state index >= 15 is 0 Å². The molecule has 3 heterocycles. The van der Waals surface area contributed by atoms with Crippen LogP contribution in [0.15, 0.2) is 40.9 Å². The zero-order chi connectivity index (χ0) is 17.4. The number of para-hydroxylation sites is 1. The summed E-state index contributed by atoms with van der Waals surface area (Å²) in [5.41, 5.74) is 0.0500. The van der Waals surface area contributed by atoms with Gasteiger partial charge in [0.2, 0.25) is 0 Å². The maximum Gasteiger partial charge on any atom is 0.260 e. The van der Waals surface area contributed by atoms with Gasteiger partial charge in [-0.2, -0.15) is 0 Å². The average molecular weight is 341 g/mol. The van der Waals surface area contributed by atoms with Crippen LogP contribution in [0.25, 0.3) is 0 Å². The van der Waals surface area contributed by atoms with E-state index in [1.165, 1.54) is 0 Å². The fourth-order valence-electron chi connectivity index (χ4n) is 4.05. The summed E-state index contributed by atoms with van der Waals surface area (Å²) in [6, 6.07) is 9.44. The van der Waals surface area contributed by atoms with Gasteiger partial charge in [0.15, 0.2) is 12.5 Å². The number of ether oxygens (including phenoxy) is 1. The number of hydrogen-bond acceptors (Lipinski definition) is 5. The number of oxazole rings is 1. The Labute approximate surface area is 147 Å². The second kappa shape index (κ2) is 6.19. The Kier molecular flexibility index (Phi) is 4.00. The Morgan fingerprint density at radius 3 is 2.76 bits per heavy atom. The number of likely N-dealkylation sites (tertiary alicyclic amines) is 2. The first-order chi connectivity index (χ1) is 12.1. The molecule has 2 saturated heterocycles. The number of likely N-dealkylation sites (N-methyl/N-ethyl adjacent to an activating group) is 1. The van der Waals surface area contributed by atoms with Crippen LogP contribution in [0.1, 0.15) is 17.6 Å². The van der Waals surface area contributed by atoms with Crippen molar-refractivity contribution in [3.05, 3.63) is 48.2 Å². The van der Waals surface area contributed by atoms with E-state index < -0.39 is 0 Å². The predicted molar refractivity (Wildman–Crippen MR) is 92.4 cm³/mol. The summed E-state index contributed by atoms with van der Waals surface area (Å²) in [5, 5.41) is 0. The van der Waals surface area contributed by atoms with Gasteiger partial charge in [-0.15, -0.1) is 0 Å². The van der Waals surface area contributed by atoms with Crippen LogP contribution in [0.2, 0.25) is 0 Å². The Hall–Kier alpha value is -2.34. The van der Waals surface area contributed by atoms with E-state index in [9.17, 15) is 4.79 Å². The molecule has 1 atom stereocenters. The van der Waals surface area contributed by atoms with Crippen LogP contribution in [-0.4, -0.2) is 60.5 Å². The Bertz CT molecular complexity index is 752. The van der Waals surface area contributed by atoms with E-state index in [-0.39, 0.29) is 23.8 Å². The number of amides is 1. The van der Waals surface area contributed by atoms with Crippen LogP contribution in [-0.2, 0) is 4.79 Å². The first-order valence-corrected chi connectivity index (χ1v) is 8.62. The lowest BCUT2D eigenvalue weighted by molar-refractivity contribution is -0.146. The van der Waals surface area contributed by atoms with E-state index in [1.54, 1.807) is 6.20 Å². The molecule has 1 spiro atoms. The van der Waals surface area contributed by atoms with E-state index in [4.69, 9.17) is 9.15 Å². The van der Waals surface area contributed by atoms with Crippen molar-refractivity contribution in [2.45, 2.75) is 12.8 Å². The number of aromatic nitrogens is 1. The van der Waals surface area contributed by atoms with Crippen LogP contribution in [0, 0.1) is 12.3 Å². The summed E-state index contributed by atoms with van der Waals surface area (Å²) in [7, 11) is 2.11. The minimum atomic E-state index is 0.0337. The zero-order valence-corrected chi connectivity index (χ0v) is 14.6. The Balaban J connectivity index is 1.38. The Morgan fingerprint density at radius 2 is 2.08 bits per heavy atom. The average Bonchev–Trinajstić information content (AvgIpc) is 3.15. The second-order valence-corrected chi connectivity index (χ2v) is 7.27. The van der Waals surface area contributed by atoms with E-state index in [0.717, 1.165) is 43.6 Å². The van der Waals surface area contributed by atoms with Gasteiger partial charge in [0, 0.05) is 31.6 Å². The molecule has 2 aliphatic rings. The van der Waals surface area contributed by atoms with Gasteiger partial charge >= 0.3 is 0 Å². The maximum absolute atomic E-state index is 12.4. The third-order valence-electron chi connectivity index (χ3n) is 5.23. The minimum Gasteiger partial charge on any atom is -0.484 e. The molecule has 2 aromatic rings. The summed E-state index contributed by atoms with van der Waals surface area (Å²) in [5.74, 6) is 2.63. The van der Waals surface area contributed by atoms with E-state index in [2.05, 4.69) is 16.9 Å². The van der Waals surface area contributed by atoms with Gasteiger partial charge in [-0.05, 0) is 26.1 Å². The number of carbonyl (C=O) groups is 1. The smallest absolute Gasteiger partial charge is 0.260 e. The molecule has 25 heavy (non-hydrogen) atoms. The number of carbonyl (C=O) groups excluding carboxylic acids is 1. The van der Waals surface area contributed by atoms with Crippen molar-refractivity contribution in [2.75, 3.05) is 39.8 Å². The zero-order valence-electron chi connectivity index (χ0n) is 14.6. The number of aryl methyl sites for hydroxylation is 1. The molecule has 1 aromatic carbocycles. The van der Waals surface area contributed by atoms with Gasteiger partial charge in [-0.25, -0.2) is 4.98 Å². The quantitative estimate of drug-likeness (QED) is 0.850. The number of hydrogen-bond donors (Lipinski definition) is 0. The van der Waals surface area contributed by atoms with Crippen molar-refractivity contribution in [1.29, 1.82) is 0 Å². The lowest BCUT2D eigenvalue weighted by Crippen LogP contribution is -2.62. The summed E-state index contributed by atoms with van der Waals surface area (Å²) < 4.78 is 11.4. The molecule has 2 aliphatic heterocycles. The first-order valence-electron chi connectivity index (χ1n) is 8.62. The van der Waals surface area contributed by atoms with Gasteiger partial charge in [0.1, 0.15) is 11.5 Å². The third-order valence-corrected chi connectivity index (χ3v) is 5.23. The van der Waals surface area contributed by atoms with E-state index in [0.29, 0.717) is 0 Å². The van der Waals surface area contributed by atoms with Crippen molar-refractivity contribution >= 4 is 5.91 Å². The van der Waals surface area contributed by atoms with Crippen molar-refractivity contribution < 1.29 is 13.9 Å². The molecule has 1 unspecified atom stereocenters. The highest BCUT2D eigenvalue weighted by Crippen LogP contribution is 2.48. The molecular formula is C19H23N3O3. The molecule has 6 heteroatoms. The molecule has 0 radical (unpaired) electrons. The molecule has 1 aromatic heterocycles. The second-order valence-electron chi connectivity index (χ2n) is 7.27. The molecule has 2 fully saturated rings.